The van der Waals surface area contributed by atoms with Crippen LogP contribution in [0.4, 0.5) is 0 Å². The molecule has 0 aromatic carbocycles. The van der Waals surface area contributed by atoms with E-state index in [1.807, 2.05) is 41.5 Å². The highest BCUT2D eigenvalue weighted by Gasteiger charge is 2.61. The van der Waals surface area contributed by atoms with Crippen molar-refractivity contribution in [2.75, 3.05) is 13.1 Å². The second kappa shape index (κ2) is 8.15. The fourth-order valence-electron chi connectivity index (χ4n) is 2.27. The van der Waals surface area contributed by atoms with Gasteiger partial charge in [-0.25, -0.2) is 0 Å². The Balaban J connectivity index is 0. The fraction of sp³-hybridized carbons (Fsp3) is 1.00. The maximum absolute atomic E-state index is 3.43. The molecule has 0 bridgehead atoms. The molecule has 2 aliphatic rings. The predicted molar refractivity (Wildman–Crippen MR) is 72.4 cm³/mol. The van der Waals surface area contributed by atoms with Gasteiger partial charge in [0.15, 0.2) is 0 Å². The second-order valence-corrected chi connectivity index (χ2v) is 4.27. The van der Waals surface area contributed by atoms with Crippen molar-refractivity contribution in [3.05, 3.63) is 0 Å². The zero-order valence-corrected chi connectivity index (χ0v) is 12.3. The highest BCUT2D eigenvalue weighted by Crippen LogP contribution is 2.66. The van der Waals surface area contributed by atoms with E-state index in [1.54, 1.807) is 0 Å². The maximum atomic E-state index is 3.43. The van der Waals surface area contributed by atoms with Gasteiger partial charge >= 0.3 is 0 Å². The number of hydrogen-bond donors (Lipinski definition) is 1. The van der Waals surface area contributed by atoms with Crippen LogP contribution in [0.15, 0.2) is 0 Å². The van der Waals surface area contributed by atoms with Crippen LogP contribution in [-0.4, -0.2) is 13.1 Å². The molecule has 1 N–H and O–H groups in total. The van der Waals surface area contributed by atoms with Gasteiger partial charge in [0.05, 0.1) is 0 Å². The predicted octanol–water partition coefficient (Wildman–Crippen LogP) is 4.47. The largest absolute Gasteiger partial charge is 0.316 e. The lowest BCUT2D eigenvalue weighted by molar-refractivity contribution is 0.418. The summed E-state index contributed by atoms with van der Waals surface area (Å²) in [6, 6.07) is 0. The molecule has 1 spiro atoms. The molecule has 1 unspecified atom stereocenters. The van der Waals surface area contributed by atoms with Crippen molar-refractivity contribution in [2.24, 2.45) is 10.8 Å². The minimum Gasteiger partial charge on any atom is -0.316 e. The zero-order chi connectivity index (χ0) is 12.5. The molecule has 1 saturated heterocycles. The summed E-state index contributed by atoms with van der Waals surface area (Å²) in [7, 11) is 0. The highest BCUT2D eigenvalue weighted by molar-refractivity contribution is 5.12. The molecule has 2 rings (SSSR count). The van der Waals surface area contributed by atoms with Crippen LogP contribution in [0.2, 0.25) is 0 Å². The lowest BCUT2D eigenvalue weighted by Crippen LogP contribution is -2.13. The molecule has 94 valence electrons. The number of rotatable bonds is 0. The summed E-state index contributed by atoms with van der Waals surface area (Å²) >= 11 is 0. The summed E-state index contributed by atoms with van der Waals surface area (Å²) in [6.07, 6.45) is 2.87. The highest BCUT2D eigenvalue weighted by atomic mass is 15.0. The van der Waals surface area contributed by atoms with E-state index in [0.29, 0.717) is 5.41 Å². The minimum absolute atomic E-state index is 0.663. The van der Waals surface area contributed by atoms with Crippen molar-refractivity contribution in [1.82, 2.24) is 5.32 Å². The molecule has 1 heteroatoms. The summed E-state index contributed by atoms with van der Waals surface area (Å²) in [5.41, 5.74) is 1.39. The van der Waals surface area contributed by atoms with Crippen LogP contribution < -0.4 is 5.32 Å². The molecule has 1 atom stereocenters. The Kier molecular flexibility index (Phi) is 9.43. The van der Waals surface area contributed by atoms with E-state index in [1.165, 1.54) is 25.9 Å². The van der Waals surface area contributed by atoms with Gasteiger partial charge in [-0.1, -0.05) is 55.4 Å². The Bertz CT molecular complexity index is 127. The van der Waals surface area contributed by atoms with Gasteiger partial charge in [-0.15, -0.1) is 0 Å². The molecule has 0 radical (unpaired) electrons. The molecule has 0 aromatic rings. The summed E-state index contributed by atoms with van der Waals surface area (Å²) in [5, 5.41) is 3.43. The van der Waals surface area contributed by atoms with Gasteiger partial charge in [0, 0.05) is 6.54 Å². The van der Waals surface area contributed by atoms with Crippen LogP contribution in [0.25, 0.3) is 0 Å². The van der Waals surface area contributed by atoms with Crippen LogP contribution in [0, 0.1) is 10.8 Å². The van der Waals surface area contributed by atoms with E-state index in [2.05, 4.69) is 19.2 Å². The van der Waals surface area contributed by atoms with E-state index in [0.717, 1.165) is 5.41 Å². The first kappa shape index (κ1) is 17.4. The second-order valence-electron chi connectivity index (χ2n) is 4.27. The molecule has 1 aliphatic heterocycles. The molecular formula is C14H33N. The average molecular weight is 215 g/mol. The first-order chi connectivity index (χ1) is 7.16. The third-order valence-corrected chi connectivity index (χ3v) is 3.33. The molecule has 0 amide bonds. The quantitative estimate of drug-likeness (QED) is 0.628. The van der Waals surface area contributed by atoms with E-state index in [9.17, 15) is 0 Å². The van der Waals surface area contributed by atoms with Crippen molar-refractivity contribution in [3.8, 4) is 0 Å². The van der Waals surface area contributed by atoms with Gasteiger partial charge < -0.3 is 5.32 Å². The van der Waals surface area contributed by atoms with E-state index < -0.39 is 0 Å². The molecule has 0 aromatic heterocycles. The van der Waals surface area contributed by atoms with Gasteiger partial charge in [0.1, 0.15) is 0 Å². The zero-order valence-electron chi connectivity index (χ0n) is 12.3. The third-order valence-electron chi connectivity index (χ3n) is 3.33. The SMILES string of the molecule is CC.CC.CC.CC1(C)CC12CCNC2. The molecule has 1 heterocycles. The van der Waals surface area contributed by atoms with Gasteiger partial charge in [-0.3, -0.25) is 0 Å². The lowest BCUT2D eigenvalue weighted by atomic mass is 9.95. The van der Waals surface area contributed by atoms with E-state index in [-0.39, 0.29) is 0 Å². The molecule has 2 fully saturated rings. The Morgan fingerprint density at radius 1 is 0.867 bits per heavy atom. The summed E-state index contributed by atoms with van der Waals surface area (Å²) in [4.78, 5) is 0. The van der Waals surface area contributed by atoms with Gasteiger partial charge in [0.2, 0.25) is 0 Å². The summed E-state index contributed by atoms with van der Waals surface area (Å²) < 4.78 is 0. The summed E-state index contributed by atoms with van der Waals surface area (Å²) in [6.45, 7) is 19.3. The standard InChI is InChI=1S/C8H15N.3C2H6/c1-7(2)5-8(7)3-4-9-6-8;3*1-2/h9H,3-6H2,1-2H3;3*1-2H3. The number of nitrogens with one attached hydrogen (secondary N) is 1. The molecular weight excluding hydrogens is 182 g/mol. The van der Waals surface area contributed by atoms with Crippen LogP contribution >= 0.6 is 0 Å². The van der Waals surface area contributed by atoms with Gasteiger partial charge in [-0.05, 0) is 30.2 Å². The van der Waals surface area contributed by atoms with Gasteiger partial charge in [-0.2, -0.15) is 0 Å². The normalized spacial score (nSPS) is 28.8. The average Bonchev–Trinajstić information content (AvgIpc) is 2.66. The van der Waals surface area contributed by atoms with Crippen LogP contribution in [0.1, 0.15) is 68.2 Å². The number of hydrogen-bond acceptors (Lipinski definition) is 1. The van der Waals surface area contributed by atoms with Crippen LogP contribution in [0.5, 0.6) is 0 Å². The maximum Gasteiger partial charge on any atom is 0.00136 e. The topological polar surface area (TPSA) is 12.0 Å². The van der Waals surface area contributed by atoms with Crippen molar-refractivity contribution >= 4 is 0 Å². The Labute approximate surface area is 98.0 Å². The minimum atomic E-state index is 0.663. The lowest BCUT2D eigenvalue weighted by Gasteiger charge is -2.09. The summed E-state index contributed by atoms with van der Waals surface area (Å²) in [5.74, 6) is 0. The Morgan fingerprint density at radius 3 is 1.40 bits per heavy atom. The third kappa shape index (κ3) is 4.14. The monoisotopic (exact) mass is 215 g/mol. The van der Waals surface area contributed by atoms with E-state index in [4.69, 9.17) is 0 Å². The first-order valence-corrected chi connectivity index (χ1v) is 6.87. The van der Waals surface area contributed by atoms with Crippen molar-refractivity contribution < 1.29 is 0 Å². The van der Waals surface area contributed by atoms with Crippen molar-refractivity contribution in [3.63, 3.8) is 0 Å². The van der Waals surface area contributed by atoms with Crippen LogP contribution in [-0.2, 0) is 0 Å². The smallest absolute Gasteiger partial charge is 0.00136 e. The molecule has 1 saturated carbocycles. The molecule has 1 aliphatic carbocycles. The van der Waals surface area contributed by atoms with Gasteiger partial charge in [0.25, 0.3) is 0 Å². The van der Waals surface area contributed by atoms with Crippen LogP contribution in [0.3, 0.4) is 0 Å². The molecule has 1 nitrogen and oxygen atoms in total. The first-order valence-electron chi connectivity index (χ1n) is 6.87. The Hall–Kier alpha value is -0.0400. The van der Waals surface area contributed by atoms with E-state index >= 15 is 0 Å². The molecule has 15 heavy (non-hydrogen) atoms. The Morgan fingerprint density at radius 2 is 1.27 bits per heavy atom. The van der Waals surface area contributed by atoms with Crippen molar-refractivity contribution in [1.29, 1.82) is 0 Å². The fourth-order valence-corrected chi connectivity index (χ4v) is 2.27. The van der Waals surface area contributed by atoms with Crippen molar-refractivity contribution in [2.45, 2.75) is 68.2 Å².